The molecule has 52 valence electrons. The Morgan fingerprint density at radius 2 is 2.44 bits per heavy atom. The third-order valence-electron chi connectivity index (χ3n) is 0.886. The van der Waals surface area contributed by atoms with Gasteiger partial charge in [-0.2, -0.15) is 0 Å². The number of imidazole rings is 1. The number of nitrogens with zero attached hydrogens (tertiary/aromatic N) is 1. The summed E-state index contributed by atoms with van der Waals surface area (Å²) in [5, 5.41) is 0.973. The molecule has 0 aliphatic carbocycles. The number of aromatic nitrogens is 2. The van der Waals surface area contributed by atoms with Crippen molar-refractivity contribution >= 4 is 32.9 Å². The molecule has 0 saturated carbocycles. The molecular weight excluding hydrogens is 248 g/mol. The van der Waals surface area contributed by atoms with Gasteiger partial charge in [-0.15, -0.1) is 17.0 Å². The largest absolute Gasteiger partial charge is 0.349 e. The number of halogens is 2. The number of hydrogen-bond acceptors (Lipinski definition) is 1. The molecule has 4 heteroatoms. The normalized spacial score (nSPS) is 8.56. The van der Waals surface area contributed by atoms with E-state index in [1.165, 1.54) is 0 Å². The molecule has 0 aliphatic heterocycles. The fourth-order valence-electron chi connectivity index (χ4n) is 0.524. The van der Waals surface area contributed by atoms with Crippen LogP contribution in [0.3, 0.4) is 0 Å². The van der Waals surface area contributed by atoms with Crippen LogP contribution in [0.4, 0.5) is 0 Å². The van der Waals surface area contributed by atoms with Gasteiger partial charge in [-0.25, -0.2) is 4.98 Å². The van der Waals surface area contributed by atoms with E-state index in [1.54, 1.807) is 6.20 Å². The maximum absolute atomic E-state index is 4.02. The highest BCUT2D eigenvalue weighted by Crippen LogP contribution is 1.92. The summed E-state index contributed by atoms with van der Waals surface area (Å²) in [5.41, 5.74) is 0. The van der Waals surface area contributed by atoms with Gasteiger partial charge in [0, 0.05) is 24.1 Å². The number of nitrogens with one attached hydrogen (secondary N) is 1. The van der Waals surface area contributed by atoms with E-state index in [0.29, 0.717) is 0 Å². The van der Waals surface area contributed by atoms with E-state index in [4.69, 9.17) is 0 Å². The van der Waals surface area contributed by atoms with Crippen molar-refractivity contribution in [1.29, 1.82) is 0 Å². The van der Waals surface area contributed by atoms with Crippen molar-refractivity contribution < 1.29 is 0 Å². The Hall–Kier alpha value is 0.170. The highest BCUT2D eigenvalue weighted by atomic mass is 79.9. The second-order valence-corrected chi connectivity index (χ2v) is 2.27. The van der Waals surface area contributed by atoms with Crippen molar-refractivity contribution in [3.05, 3.63) is 18.2 Å². The van der Waals surface area contributed by atoms with Crippen LogP contribution in [-0.4, -0.2) is 15.3 Å². The monoisotopic (exact) mass is 254 g/mol. The smallest absolute Gasteiger partial charge is 0.106 e. The molecule has 9 heavy (non-hydrogen) atoms. The molecule has 0 atom stereocenters. The second-order valence-electron chi connectivity index (χ2n) is 1.47. The molecule has 0 bridgehead atoms. The van der Waals surface area contributed by atoms with Crippen LogP contribution in [0, 0.1) is 0 Å². The molecule has 0 aromatic carbocycles. The van der Waals surface area contributed by atoms with E-state index in [-0.39, 0.29) is 17.0 Å². The predicted octanol–water partition coefficient (Wildman–Crippen LogP) is 1.92. The van der Waals surface area contributed by atoms with E-state index in [2.05, 4.69) is 25.9 Å². The summed E-state index contributed by atoms with van der Waals surface area (Å²) < 4.78 is 0. The third-order valence-corrected chi connectivity index (χ3v) is 1.28. The summed E-state index contributed by atoms with van der Waals surface area (Å²) in [4.78, 5) is 7.02. The van der Waals surface area contributed by atoms with Crippen molar-refractivity contribution in [2.24, 2.45) is 0 Å². The first kappa shape index (κ1) is 9.17. The van der Waals surface area contributed by atoms with Crippen LogP contribution < -0.4 is 0 Å². The molecule has 1 N–H and O–H groups in total. The topological polar surface area (TPSA) is 28.7 Å². The lowest BCUT2D eigenvalue weighted by Crippen LogP contribution is -1.86. The molecule has 1 aromatic heterocycles. The Morgan fingerprint density at radius 3 is 2.89 bits per heavy atom. The lowest BCUT2D eigenvalue weighted by molar-refractivity contribution is 1.01. The Balaban J connectivity index is 0.000000640. The van der Waals surface area contributed by atoms with Gasteiger partial charge in [0.15, 0.2) is 0 Å². The molecule has 0 saturated heterocycles. The van der Waals surface area contributed by atoms with Gasteiger partial charge in [0.1, 0.15) is 5.82 Å². The Morgan fingerprint density at radius 1 is 1.67 bits per heavy atom. The quantitative estimate of drug-likeness (QED) is 0.804. The SMILES string of the molecule is Br.BrCCc1ncc[nH]1. The van der Waals surface area contributed by atoms with E-state index < -0.39 is 0 Å². The van der Waals surface area contributed by atoms with Gasteiger partial charge in [0.05, 0.1) is 0 Å². The zero-order valence-corrected chi connectivity index (χ0v) is 8.10. The minimum atomic E-state index is 0. The molecule has 2 nitrogen and oxygen atoms in total. The van der Waals surface area contributed by atoms with Crippen molar-refractivity contribution in [3.8, 4) is 0 Å². The summed E-state index contributed by atoms with van der Waals surface area (Å²) >= 11 is 3.31. The molecule has 0 radical (unpaired) electrons. The number of aromatic amines is 1. The minimum absolute atomic E-state index is 0. The van der Waals surface area contributed by atoms with Crippen LogP contribution in [0.1, 0.15) is 5.82 Å². The Bertz CT molecular complexity index is 139. The summed E-state index contributed by atoms with van der Waals surface area (Å²) in [6.07, 6.45) is 4.57. The van der Waals surface area contributed by atoms with Crippen LogP contribution in [0.5, 0.6) is 0 Å². The van der Waals surface area contributed by atoms with E-state index in [0.717, 1.165) is 17.6 Å². The third kappa shape index (κ3) is 3.01. The number of hydrogen-bond donors (Lipinski definition) is 1. The van der Waals surface area contributed by atoms with Gasteiger partial charge >= 0.3 is 0 Å². The molecule has 0 aliphatic rings. The van der Waals surface area contributed by atoms with Crippen molar-refractivity contribution in [3.63, 3.8) is 0 Å². The maximum Gasteiger partial charge on any atom is 0.106 e. The Kier molecular flexibility index (Phi) is 5.09. The first-order valence-electron chi connectivity index (χ1n) is 2.47. The van der Waals surface area contributed by atoms with Gasteiger partial charge in [-0.1, -0.05) is 15.9 Å². The average molecular weight is 256 g/mol. The lowest BCUT2D eigenvalue weighted by Gasteiger charge is -1.84. The van der Waals surface area contributed by atoms with Crippen LogP contribution >= 0.6 is 32.9 Å². The van der Waals surface area contributed by atoms with E-state index in [9.17, 15) is 0 Å². The van der Waals surface area contributed by atoms with Gasteiger partial charge in [-0.3, -0.25) is 0 Å². The second kappa shape index (κ2) is 4.99. The molecule has 0 fully saturated rings. The van der Waals surface area contributed by atoms with Crippen molar-refractivity contribution in [2.75, 3.05) is 5.33 Å². The summed E-state index contributed by atoms with van der Waals surface area (Å²) in [6.45, 7) is 0. The number of aryl methyl sites for hydroxylation is 1. The Labute approximate surface area is 73.0 Å². The minimum Gasteiger partial charge on any atom is -0.349 e. The van der Waals surface area contributed by atoms with Crippen LogP contribution in [0.2, 0.25) is 0 Å². The highest BCUT2D eigenvalue weighted by molar-refractivity contribution is 9.09. The fraction of sp³-hybridized carbons (Fsp3) is 0.400. The fourth-order valence-corrected chi connectivity index (χ4v) is 0.900. The zero-order chi connectivity index (χ0) is 5.82. The summed E-state index contributed by atoms with van der Waals surface area (Å²) in [5.74, 6) is 1.04. The van der Waals surface area contributed by atoms with Gasteiger partial charge in [0.2, 0.25) is 0 Å². The maximum atomic E-state index is 4.02. The van der Waals surface area contributed by atoms with Crippen LogP contribution in [0.15, 0.2) is 12.4 Å². The van der Waals surface area contributed by atoms with Gasteiger partial charge < -0.3 is 4.98 Å². The molecule has 1 aromatic rings. The standard InChI is InChI=1S/C5H7BrN2.BrH/c6-2-1-5-7-3-4-8-5;/h3-4H,1-2H2,(H,7,8);1H. The van der Waals surface area contributed by atoms with Crippen LogP contribution in [-0.2, 0) is 6.42 Å². The molecule has 0 amide bonds. The molecule has 1 heterocycles. The highest BCUT2D eigenvalue weighted by Gasteiger charge is 1.88. The first-order chi connectivity index (χ1) is 3.93. The molecular formula is C5H8Br2N2. The molecule has 0 unspecified atom stereocenters. The van der Waals surface area contributed by atoms with Crippen molar-refractivity contribution in [1.82, 2.24) is 9.97 Å². The van der Waals surface area contributed by atoms with Crippen LogP contribution in [0.25, 0.3) is 0 Å². The lowest BCUT2D eigenvalue weighted by atomic mass is 10.5. The van der Waals surface area contributed by atoms with Gasteiger partial charge in [-0.05, 0) is 0 Å². The van der Waals surface area contributed by atoms with Gasteiger partial charge in [0.25, 0.3) is 0 Å². The average Bonchev–Trinajstić information content (AvgIpc) is 2.19. The summed E-state index contributed by atoms with van der Waals surface area (Å²) in [7, 11) is 0. The number of rotatable bonds is 2. The first-order valence-corrected chi connectivity index (χ1v) is 3.60. The van der Waals surface area contributed by atoms with E-state index in [1.807, 2.05) is 6.20 Å². The number of H-pyrrole nitrogens is 1. The summed E-state index contributed by atoms with van der Waals surface area (Å²) in [6, 6.07) is 0. The van der Waals surface area contributed by atoms with E-state index >= 15 is 0 Å². The van der Waals surface area contributed by atoms with Crippen molar-refractivity contribution in [2.45, 2.75) is 6.42 Å². The molecule has 0 spiro atoms. The zero-order valence-electron chi connectivity index (χ0n) is 4.80. The number of alkyl halides is 1. The molecule has 1 rings (SSSR count). The predicted molar refractivity (Wildman–Crippen MR) is 46.4 cm³/mol.